The Balaban J connectivity index is 1.08. The molecule has 2 aromatic heterocycles. The molecule has 3 heterocycles. The van der Waals surface area contributed by atoms with Gasteiger partial charge in [0.15, 0.2) is 0 Å². The fourth-order valence-electron chi connectivity index (χ4n) is 4.89. The number of hydrogen-bond acceptors (Lipinski definition) is 6. The summed E-state index contributed by atoms with van der Waals surface area (Å²) in [6, 6.07) is 14.3. The maximum absolute atomic E-state index is 11.2. The molecule has 36 heavy (non-hydrogen) atoms. The van der Waals surface area contributed by atoms with E-state index in [-0.39, 0.29) is 5.91 Å². The number of benzene rings is 2. The van der Waals surface area contributed by atoms with Crippen molar-refractivity contribution in [3.05, 3.63) is 72.4 Å². The van der Waals surface area contributed by atoms with E-state index in [0.29, 0.717) is 13.0 Å². The van der Waals surface area contributed by atoms with Crippen LogP contribution in [0.3, 0.4) is 0 Å². The predicted molar refractivity (Wildman–Crippen MR) is 140 cm³/mol. The first-order valence-electron chi connectivity index (χ1n) is 12.5. The summed E-state index contributed by atoms with van der Waals surface area (Å²) < 4.78 is 1.88. The molecule has 4 aromatic rings. The van der Waals surface area contributed by atoms with E-state index in [9.17, 15) is 9.90 Å². The number of nitrogens with one attached hydrogen (secondary N) is 2. The van der Waals surface area contributed by atoms with E-state index >= 15 is 0 Å². The number of fused-ring (bicyclic) bond motifs is 1. The summed E-state index contributed by atoms with van der Waals surface area (Å²) in [4.78, 5) is 19.3. The normalized spacial score (nSPS) is 15.8. The Morgan fingerprint density at radius 1 is 1.06 bits per heavy atom. The van der Waals surface area contributed by atoms with Crippen LogP contribution in [0.1, 0.15) is 18.1 Å². The minimum absolute atomic E-state index is 0.0512. The number of piperazine rings is 1. The zero-order chi connectivity index (χ0) is 24.9. The third kappa shape index (κ3) is 5.99. The number of anilines is 1. The second kappa shape index (κ2) is 11.0. The maximum atomic E-state index is 11.2. The number of carbonyl (C=O) groups is 1. The Bertz CT molecular complexity index is 1280. The van der Waals surface area contributed by atoms with Crippen molar-refractivity contribution < 1.29 is 9.90 Å². The van der Waals surface area contributed by atoms with Gasteiger partial charge in [-0.05, 0) is 47.9 Å². The van der Waals surface area contributed by atoms with Crippen LogP contribution in [0.5, 0.6) is 0 Å². The van der Waals surface area contributed by atoms with Crippen LogP contribution in [-0.2, 0) is 17.6 Å². The second-order valence-electron chi connectivity index (χ2n) is 9.54. The van der Waals surface area contributed by atoms with Crippen molar-refractivity contribution in [2.24, 2.45) is 0 Å². The molecule has 0 saturated carbocycles. The van der Waals surface area contributed by atoms with Crippen molar-refractivity contribution in [2.45, 2.75) is 25.9 Å². The zero-order valence-electron chi connectivity index (χ0n) is 20.6. The highest BCUT2D eigenvalue weighted by Gasteiger charge is 2.20. The van der Waals surface area contributed by atoms with E-state index in [2.05, 4.69) is 54.6 Å². The highest BCUT2D eigenvalue weighted by atomic mass is 16.3. The van der Waals surface area contributed by atoms with Crippen LogP contribution in [0.15, 0.2) is 61.3 Å². The standard InChI is InChI=1S/C27H33N7O2/c1-20(35)31-23-4-2-21(3-5-23)8-9-32-10-12-33(13-11-32)17-25(36)14-22-16-28-27-7-6-24(15-26(22)27)34-18-29-30-19-34/h2-7,15-16,18-19,25,28,36H,8-14,17H2,1H3,(H,31,35)/t25-/m1/s1. The van der Waals surface area contributed by atoms with Gasteiger partial charge in [-0.25, -0.2) is 0 Å². The number of β-amino-alcohol motifs (C(OH)–C–C–N with tert-alkyl or cyclic N) is 1. The SMILES string of the molecule is CC(=O)Nc1ccc(CCN2CCN(C[C@H](O)Cc3c[nH]c4ccc(-n5cnnc5)cc34)CC2)cc1. The molecule has 5 rings (SSSR count). The van der Waals surface area contributed by atoms with Crippen LogP contribution >= 0.6 is 0 Å². The molecule has 2 aromatic carbocycles. The maximum Gasteiger partial charge on any atom is 0.221 e. The second-order valence-corrected chi connectivity index (χ2v) is 9.54. The van der Waals surface area contributed by atoms with Gasteiger partial charge in [-0.1, -0.05) is 12.1 Å². The first kappa shape index (κ1) is 24.2. The van der Waals surface area contributed by atoms with Crippen molar-refractivity contribution in [3.63, 3.8) is 0 Å². The molecule has 3 N–H and O–H groups in total. The number of aliphatic hydroxyl groups excluding tert-OH is 1. The van der Waals surface area contributed by atoms with E-state index in [1.165, 1.54) is 12.5 Å². The molecule has 0 aliphatic carbocycles. The lowest BCUT2D eigenvalue weighted by atomic mass is 10.1. The average molecular weight is 488 g/mol. The van der Waals surface area contributed by atoms with Gasteiger partial charge in [-0.3, -0.25) is 14.3 Å². The minimum atomic E-state index is -0.420. The molecular weight excluding hydrogens is 454 g/mol. The summed E-state index contributed by atoms with van der Waals surface area (Å²) >= 11 is 0. The summed E-state index contributed by atoms with van der Waals surface area (Å²) in [5.41, 5.74) is 5.29. The first-order valence-corrected chi connectivity index (χ1v) is 12.5. The van der Waals surface area contributed by atoms with Crippen molar-refractivity contribution >= 4 is 22.5 Å². The number of rotatable bonds is 9. The Hall–Kier alpha value is -3.53. The summed E-state index contributed by atoms with van der Waals surface area (Å²) in [6.45, 7) is 7.15. The number of nitrogens with zero attached hydrogens (tertiary/aromatic N) is 5. The Morgan fingerprint density at radius 2 is 1.78 bits per heavy atom. The molecule has 188 valence electrons. The number of carbonyl (C=O) groups excluding carboxylic acids is 1. The van der Waals surface area contributed by atoms with Gasteiger partial charge in [0.2, 0.25) is 5.91 Å². The summed E-state index contributed by atoms with van der Waals surface area (Å²) in [5, 5.41) is 22.6. The molecule has 1 amide bonds. The predicted octanol–water partition coefficient (Wildman–Crippen LogP) is 2.47. The van der Waals surface area contributed by atoms with Gasteiger partial charge in [0.25, 0.3) is 0 Å². The minimum Gasteiger partial charge on any atom is -0.391 e. The molecule has 1 aliphatic rings. The van der Waals surface area contributed by atoms with Gasteiger partial charge in [-0.2, -0.15) is 0 Å². The number of amides is 1. The molecule has 0 bridgehead atoms. The third-order valence-electron chi connectivity index (χ3n) is 6.85. The zero-order valence-corrected chi connectivity index (χ0v) is 20.6. The van der Waals surface area contributed by atoms with Crippen molar-refractivity contribution in [1.82, 2.24) is 29.5 Å². The Morgan fingerprint density at radius 3 is 2.50 bits per heavy atom. The number of aliphatic hydroxyl groups is 1. The molecule has 0 radical (unpaired) electrons. The number of hydrogen-bond donors (Lipinski definition) is 3. The lowest BCUT2D eigenvalue weighted by molar-refractivity contribution is -0.114. The fraction of sp³-hybridized carbons (Fsp3) is 0.370. The monoisotopic (exact) mass is 487 g/mol. The van der Waals surface area contributed by atoms with Crippen LogP contribution in [0, 0.1) is 0 Å². The van der Waals surface area contributed by atoms with Crippen LogP contribution in [0.4, 0.5) is 5.69 Å². The average Bonchev–Trinajstić information content (AvgIpc) is 3.55. The van der Waals surface area contributed by atoms with Crippen molar-refractivity contribution in [1.29, 1.82) is 0 Å². The largest absolute Gasteiger partial charge is 0.391 e. The van der Waals surface area contributed by atoms with E-state index in [0.717, 1.165) is 67.0 Å². The van der Waals surface area contributed by atoms with Crippen LogP contribution < -0.4 is 5.32 Å². The van der Waals surface area contributed by atoms with Crippen LogP contribution in [0.25, 0.3) is 16.6 Å². The highest BCUT2D eigenvalue weighted by molar-refractivity contribution is 5.88. The molecular formula is C27H33N7O2. The van der Waals surface area contributed by atoms with Gasteiger partial charge < -0.3 is 20.3 Å². The van der Waals surface area contributed by atoms with E-state index in [4.69, 9.17) is 0 Å². The van der Waals surface area contributed by atoms with Crippen LogP contribution in [0.2, 0.25) is 0 Å². The number of aromatic nitrogens is 4. The van der Waals surface area contributed by atoms with E-state index in [1.54, 1.807) is 12.7 Å². The number of aromatic amines is 1. The first-order chi connectivity index (χ1) is 17.5. The summed E-state index contributed by atoms with van der Waals surface area (Å²) in [6.07, 6.45) is 6.56. The topological polar surface area (TPSA) is 102 Å². The lowest BCUT2D eigenvalue weighted by Gasteiger charge is -2.35. The molecule has 9 heteroatoms. The van der Waals surface area contributed by atoms with Gasteiger partial charge in [0, 0.05) is 81.1 Å². The van der Waals surface area contributed by atoms with E-state index < -0.39 is 6.10 Å². The molecule has 1 saturated heterocycles. The van der Waals surface area contributed by atoms with Gasteiger partial charge in [-0.15, -0.1) is 10.2 Å². The number of H-pyrrole nitrogens is 1. The third-order valence-corrected chi connectivity index (χ3v) is 6.85. The van der Waals surface area contributed by atoms with Gasteiger partial charge in [0.05, 0.1) is 6.10 Å². The molecule has 0 unspecified atom stereocenters. The van der Waals surface area contributed by atoms with Crippen molar-refractivity contribution in [3.8, 4) is 5.69 Å². The Kier molecular flexibility index (Phi) is 7.41. The molecule has 1 atom stereocenters. The fourth-order valence-corrected chi connectivity index (χ4v) is 4.89. The molecule has 9 nitrogen and oxygen atoms in total. The van der Waals surface area contributed by atoms with Gasteiger partial charge in [0.1, 0.15) is 12.7 Å². The van der Waals surface area contributed by atoms with Crippen LogP contribution in [-0.4, -0.2) is 85.9 Å². The quantitative estimate of drug-likeness (QED) is 0.335. The lowest BCUT2D eigenvalue weighted by Crippen LogP contribution is -2.49. The molecule has 1 fully saturated rings. The molecule has 0 spiro atoms. The summed E-state index contributed by atoms with van der Waals surface area (Å²) in [7, 11) is 0. The smallest absolute Gasteiger partial charge is 0.221 e. The molecule has 1 aliphatic heterocycles. The van der Waals surface area contributed by atoms with Crippen molar-refractivity contribution in [2.75, 3.05) is 44.6 Å². The van der Waals surface area contributed by atoms with E-state index in [1.807, 2.05) is 29.0 Å². The summed E-state index contributed by atoms with van der Waals surface area (Å²) in [5.74, 6) is -0.0512. The highest BCUT2D eigenvalue weighted by Crippen LogP contribution is 2.23. The van der Waals surface area contributed by atoms with Gasteiger partial charge >= 0.3 is 0 Å². The Labute approximate surface area is 210 Å².